The molecule has 0 aromatic heterocycles. The van der Waals surface area contributed by atoms with Crippen LogP contribution in [0.5, 0.6) is 0 Å². The van der Waals surface area contributed by atoms with Crippen molar-refractivity contribution in [1.82, 2.24) is 0 Å². The normalized spacial score (nSPS) is 10.3. The molecule has 0 bridgehead atoms. The number of phosphoric acid groups is 1. The molecule has 0 aliphatic heterocycles. The smallest absolute Gasteiger partial charge is 0.328 e. The first kappa shape index (κ1) is 8.44. The van der Waals surface area contributed by atoms with Crippen LogP contribution in [-0.4, -0.2) is 14.2 Å². The molecule has 0 saturated carbocycles. The Morgan fingerprint density at radius 3 is 2.00 bits per heavy atom. The van der Waals surface area contributed by atoms with Gasteiger partial charge in [0.05, 0.1) is 0 Å². The highest BCUT2D eigenvalue weighted by Crippen LogP contribution is 2.46. The Labute approximate surface area is 52.8 Å². The number of rotatable bonds is 3. The molecule has 9 heavy (non-hydrogen) atoms. The lowest BCUT2D eigenvalue weighted by Gasteiger charge is -2.06. The molecule has 0 spiro atoms. The average Bonchev–Trinajstić information content (AvgIpc) is 1.89. The van der Waals surface area contributed by atoms with Crippen LogP contribution in [0.1, 0.15) is 0 Å². The Morgan fingerprint density at radius 2 is 1.89 bits per heavy atom. The molecule has 0 aromatic rings. The lowest BCUT2D eigenvalue weighted by atomic mass is 11.6. The van der Waals surface area contributed by atoms with E-state index in [9.17, 15) is 4.57 Å². The van der Waals surface area contributed by atoms with Crippen molar-refractivity contribution < 1.29 is 18.1 Å². The average molecular weight is 151 g/mol. The third-order valence-electron chi connectivity index (χ3n) is 0.600. The van der Waals surface area contributed by atoms with Crippen LogP contribution < -0.4 is 0 Å². The number of hydrogen-bond donors (Lipinski definition) is 0. The van der Waals surface area contributed by atoms with Gasteiger partial charge in [-0.1, -0.05) is 0 Å². The molecule has 0 unspecified atom stereocenters. The Bertz CT molecular complexity index is 154. The molecule has 0 atom stereocenters. The molecule has 5 nitrogen and oxygen atoms in total. The quantitative estimate of drug-likeness (QED) is 0.442. The van der Waals surface area contributed by atoms with Crippen molar-refractivity contribution in [2.24, 2.45) is 0 Å². The van der Waals surface area contributed by atoms with Gasteiger partial charge in [-0.25, -0.2) is 4.57 Å². The maximum absolute atomic E-state index is 10.7. The molecule has 0 amide bonds. The Hall–Kier alpha value is -0.560. The molecule has 0 heterocycles. The molecular formula is C3H6NO4P. The van der Waals surface area contributed by atoms with Crippen LogP contribution in [0.3, 0.4) is 0 Å². The lowest BCUT2D eigenvalue weighted by molar-refractivity contribution is 0.199. The first-order valence-electron chi connectivity index (χ1n) is 1.97. The first-order chi connectivity index (χ1) is 4.18. The molecule has 0 rings (SSSR count). The van der Waals surface area contributed by atoms with Gasteiger partial charge in [0.1, 0.15) is 0 Å². The molecule has 0 saturated heterocycles. The van der Waals surface area contributed by atoms with Crippen LogP contribution in [0.25, 0.3) is 0 Å². The van der Waals surface area contributed by atoms with Gasteiger partial charge in [0, 0.05) is 14.2 Å². The summed E-state index contributed by atoms with van der Waals surface area (Å²) in [7, 11) is -1.29. The summed E-state index contributed by atoms with van der Waals surface area (Å²) in [6.07, 6.45) is 1.20. The van der Waals surface area contributed by atoms with E-state index in [1.54, 1.807) is 0 Å². The topological polar surface area (TPSA) is 68.6 Å². The molecular weight excluding hydrogens is 145 g/mol. The fraction of sp³-hybridized carbons (Fsp3) is 0.667. The lowest BCUT2D eigenvalue weighted by Crippen LogP contribution is -1.88. The van der Waals surface area contributed by atoms with Gasteiger partial charge < -0.3 is 4.52 Å². The monoisotopic (exact) mass is 151 g/mol. The van der Waals surface area contributed by atoms with Gasteiger partial charge in [0.2, 0.25) is 0 Å². The predicted octanol–water partition coefficient (Wildman–Crippen LogP) is 0.885. The first-order valence-corrected chi connectivity index (χ1v) is 3.44. The van der Waals surface area contributed by atoms with Crippen molar-refractivity contribution >= 4 is 7.82 Å². The molecule has 0 aliphatic carbocycles. The third kappa shape index (κ3) is 2.47. The van der Waals surface area contributed by atoms with Crippen molar-refractivity contribution in [3.63, 3.8) is 0 Å². The maximum Gasteiger partial charge on any atom is 0.539 e. The Kier molecular flexibility index (Phi) is 3.25. The van der Waals surface area contributed by atoms with Gasteiger partial charge in [-0.3, -0.25) is 9.05 Å². The summed E-state index contributed by atoms with van der Waals surface area (Å²) in [6.45, 7) is 0. The second-order valence-electron chi connectivity index (χ2n) is 0.995. The molecule has 0 aliphatic rings. The summed E-state index contributed by atoms with van der Waals surface area (Å²) in [5, 5.41) is 7.86. The minimum Gasteiger partial charge on any atom is -0.328 e. The van der Waals surface area contributed by atoms with Crippen LogP contribution >= 0.6 is 7.82 Å². The summed E-state index contributed by atoms with van der Waals surface area (Å²) in [6, 6.07) is 0. The molecule has 6 heteroatoms. The van der Waals surface area contributed by atoms with E-state index in [4.69, 9.17) is 5.26 Å². The second-order valence-corrected chi connectivity index (χ2v) is 2.80. The van der Waals surface area contributed by atoms with Crippen molar-refractivity contribution in [3.05, 3.63) is 0 Å². The van der Waals surface area contributed by atoms with Crippen molar-refractivity contribution in [1.29, 1.82) is 5.26 Å². The van der Waals surface area contributed by atoms with E-state index in [2.05, 4.69) is 13.6 Å². The summed E-state index contributed by atoms with van der Waals surface area (Å²) in [5.41, 5.74) is 0. The van der Waals surface area contributed by atoms with E-state index < -0.39 is 7.82 Å². The summed E-state index contributed by atoms with van der Waals surface area (Å²) < 4.78 is 23.0. The van der Waals surface area contributed by atoms with E-state index in [0.717, 1.165) is 14.2 Å². The summed E-state index contributed by atoms with van der Waals surface area (Å²) in [5.74, 6) is 0. The van der Waals surface area contributed by atoms with Gasteiger partial charge in [-0.15, -0.1) is 5.26 Å². The van der Waals surface area contributed by atoms with Gasteiger partial charge in [0.25, 0.3) is 6.26 Å². The number of nitrogens with zero attached hydrogens (tertiary/aromatic N) is 1. The zero-order valence-electron chi connectivity index (χ0n) is 5.03. The molecule has 0 radical (unpaired) electrons. The highest BCUT2D eigenvalue weighted by atomic mass is 31.2. The largest absolute Gasteiger partial charge is 0.539 e. The van der Waals surface area contributed by atoms with E-state index in [1.165, 1.54) is 6.26 Å². The van der Waals surface area contributed by atoms with Crippen molar-refractivity contribution in [3.8, 4) is 6.26 Å². The van der Waals surface area contributed by atoms with Gasteiger partial charge in [0.15, 0.2) is 0 Å². The Balaban J connectivity index is 3.98. The third-order valence-corrected chi connectivity index (χ3v) is 1.80. The van der Waals surface area contributed by atoms with E-state index in [1.807, 2.05) is 0 Å². The highest BCUT2D eigenvalue weighted by molar-refractivity contribution is 7.48. The van der Waals surface area contributed by atoms with Crippen LogP contribution in [-0.2, 0) is 18.1 Å². The highest BCUT2D eigenvalue weighted by Gasteiger charge is 2.23. The fourth-order valence-corrected chi connectivity index (χ4v) is 0.597. The number of hydrogen-bond acceptors (Lipinski definition) is 5. The van der Waals surface area contributed by atoms with Crippen LogP contribution in [0.2, 0.25) is 0 Å². The second kappa shape index (κ2) is 3.46. The zero-order valence-corrected chi connectivity index (χ0v) is 5.92. The predicted molar refractivity (Wildman–Crippen MR) is 28.3 cm³/mol. The molecule has 0 N–H and O–H groups in total. The Morgan fingerprint density at radius 1 is 1.44 bits per heavy atom. The van der Waals surface area contributed by atoms with Crippen LogP contribution in [0.15, 0.2) is 0 Å². The summed E-state index contributed by atoms with van der Waals surface area (Å²) >= 11 is 0. The number of phosphoric ester groups is 1. The van der Waals surface area contributed by atoms with Gasteiger partial charge in [-0.05, 0) is 0 Å². The minimum absolute atomic E-state index is 1.13. The SMILES string of the molecule is COP(=O)(OC)OC#N. The van der Waals surface area contributed by atoms with Crippen LogP contribution in [0.4, 0.5) is 0 Å². The minimum atomic E-state index is -3.54. The molecule has 0 fully saturated rings. The number of nitriles is 1. The summed E-state index contributed by atoms with van der Waals surface area (Å²) in [4.78, 5) is 0. The molecule has 52 valence electrons. The van der Waals surface area contributed by atoms with E-state index in [0.29, 0.717) is 0 Å². The standard InChI is InChI=1S/C3H6NO4P/c1-6-9(5,7-2)8-3-4/h1-2H3. The maximum atomic E-state index is 10.7. The van der Waals surface area contributed by atoms with E-state index in [-0.39, 0.29) is 0 Å². The van der Waals surface area contributed by atoms with Crippen molar-refractivity contribution in [2.45, 2.75) is 0 Å². The fourth-order valence-electron chi connectivity index (χ4n) is 0.199. The van der Waals surface area contributed by atoms with Gasteiger partial charge in [-0.2, -0.15) is 0 Å². The van der Waals surface area contributed by atoms with Gasteiger partial charge >= 0.3 is 7.82 Å². The molecule has 0 aromatic carbocycles. The van der Waals surface area contributed by atoms with Crippen LogP contribution in [0, 0.1) is 11.5 Å². The van der Waals surface area contributed by atoms with E-state index >= 15 is 0 Å². The van der Waals surface area contributed by atoms with Crippen molar-refractivity contribution in [2.75, 3.05) is 14.2 Å². The zero-order chi connectivity index (χ0) is 7.33.